The number of hydrogen-bond acceptors (Lipinski definition) is 5. The minimum atomic E-state index is -0.245. The molecule has 0 radical (unpaired) electrons. The van der Waals surface area contributed by atoms with Crippen molar-refractivity contribution >= 4 is 16.8 Å². The summed E-state index contributed by atoms with van der Waals surface area (Å²) < 4.78 is 2.82. The van der Waals surface area contributed by atoms with Crippen LogP contribution in [0.15, 0.2) is 11.1 Å². The summed E-state index contributed by atoms with van der Waals surface area (Å²) in [4.78, 5) is 19.4. The highest BCUT2D eigenvalue weighted by molar-refractivity contribution is 5.84. The van der Waals surface area contributed by atoms with Crippen molar-refractivity contribution in [1.82, 2.24) is 34.6 Å². The molecule has 3 aromatic rings. The normalized spacial score (nSPS) is 11.6. The Bertz CT molecular complexity index is 737. The molecule has 0 fully saturated rings. The van der Waals surface area contributed by atoms with Crippen LogP contribution in [0, 0.1) is 0 Å². The second-order valence-electron chi connectivity index (χ2n) is 4.16. The lowest BCUT2D eigenvalue weighted by atomic mass is 10.2. The summed E-state index contributed by atoms with van der Waals surface area (Å²) in [5.74, 6) is 0. The Hall–Kier alpha value is -2.25. The number of nitrogens with zero attached hydrogens (tertiary/aromatic N) is 6. The first-order valence-electron chi connectivity index (χ1n) is 5.97. The predicted molar refractivity (Wildman–Crippen MR) is 64.2 cm³/mol. The third-order valence-corrected chi connectivity index (χ3v) is 2.97. The number of nitrogens with one attached hydrogen (secondary N) is 1. The van der Waals surface area contributed by atoms with Gasteiger partial charge in [0, 0.05) is 6.54 Å². The van der Waals surface area contributed by atoms with E-state index >= 15 is 0 Å². The van der Waals surface area contributed by atoms with Crippen LogP contribution >= 0.6 is 0 Å². The summed E-state index contributed by atoms with van der Waals surface area (Å²) >= 11 is 0. The fraction of sp³-hybridized carbons (Fsp3) is 0.500. The van der Waals surface area contributed by atoms with E-state index in [1.54, 1.807) is 10.9 Å². The van der Waals surface area contributed by atoms with Gasteiger partial charge in [0.05, 0.1) is 6.33 Å². The highest BCUT2D eigenvalue weighted by Crippen LogP contribution is 2.11. The zero-order valence-electron chi connectivity index (χ0n) is 10.00. The second-order valence-corrected chi connectivity index (χ2v) is 4.16. The highest BCUT2D eigenvalue weighted by Gasteiger charge is 2.14. The van der Waals surface area contributed by atoms with E-state index in [1.165, 1.54) is 4.52 Å². The number of rotatable bonds is 4. The monoisotopic (exact) mass is 247 g/mol. The van der Waals surface area contributed by atoms with E-state index < -0.39 is 0 Å². The van der Waals surface area contributed by atoms with Crippen molar-refractivity contribution in [3.05, 3.63) is 16.8 Å². The van der Waals surface area contributed by atoms with E-state index in [4.69, 9.17) is 0 Å². The first-order valence-corrected chi connectivity index (χ1v) is 5.97. The number of unbranched alkanes of at least 4 members (excludes halogenated alkanes) is 2. The Morgan fingerprint density at radius 3 is 3.06 bits per heavy atom. The van der Waals surface area contributed by atoms with Gasteiger partial charge in [-0.3, -0.25) is 4.57 Å². The third-order valence-electron chi connectivity index (χ3n) is 2.97. The number of imidazole rings is 1. The first-order chi connectivity index (χ1) is 8.83. The molecule has 0 saturated carbocycles. The van der Waals surface area contributed by atoms with Gasteiger partial charge in [0.15, 0.2) is 5.65 Å². The SMILES string of the molecule is CCCCCn1c(=O)n2nnnc2c2[nH]cnc21. The van der Waals surface area contributed by atoms with E-state index in [9.17, 15) is 4.79 Å². The van der Waals surface area contributed by atoms with Crippen LogP contribution in [-0.4, -0.2) is 34.6 Å². The lowest BCUT2D eigenvalue weighted by Crippen LogP contribution is -2.28. The summed E-state index contributed by atoms with van der Waals surface area (Å²) in [6, 6.07) is 0. The maximum Gasteiger partial charge on any atom is 0.353 e. The molecule has 3 rings (SSSR count). The number of aryl methyl sites for hydroxylation is 1. The van der Waals surface area contributed by atoms with Crippen LogP contribution in [0.3, 0.4) is 0 Å². The first kappa shape index (κ1) is 10.9. The molecule has 8 nitrogen and oxygen atoms in total. The summed E-state index contributed by atoms with van der Waals surface area (Å²) in [5, 5.41) is 11.1. The van der Waals surface area contributed by atoms with Crippen LogP contribution in [0.5, 0.6) is 0 Å². The molecule has 0 bridgehead atoms. The van der Waals surface area contributed by atoms with Crippen molar-refractivity contribution in [3.8, 4) is 0 Å². The van der Waals surface area contributed by atoms with E-state index in [2.05, 4.69) is 32.4 Å². The van der Waals surface area contributed by atoms with Gasteiger partial charge >= 0.3 is 5.69 Å². The largest absolute Gasteiger partial charge is 0.353 e. The van der Waals surface area contributed by atoms with Gasteiger partial charge in [0.25, 0.3) is 0 Å². The smallest absolute Gasteiger partial charge is 0.340 e. The van der Waals surface area contributed by atoms with Crippen LogP contribution in [0.1, 0.15) is 26.2 Å². The fourth-order valence-electron chi connectivity index (χ4n) is 2.05. The molecule has 1 N–H and O–H groups in total. The van der Waals surface area contributed by atoms with E-state index in [0.29, 0.717) is 23.4 Å². The quantitative estimate of drug-likeness (QED) is 0.671. The van der Waals surface area contributed by atoms with Crippen molar-refractivity contribution in [2.75, 3.05) is 0 Å². The number of tetrazole rings is 1. The molecule has 0 spiro atoms. The van der Waals surface area contributed by atoms with Gasteiger partial charge in [0.2, 0.25) is 5.65 Å². The average molecular weight is 247 g/mol. The van der Waals surface area contributed by atoms with Gasteiger partial charge in [-0.1, -0.05) is 19.8 Å². The summed E-state index contributed by atoms with van der Waals surface area (Å²) in [5.41, 5.74) is 1.47. The summed E-state index contributed by atoms with van der Waals surface area (Å²) in [6.07, 6.45) is 4.67. The molecule has 0 amide bonds. The topological polar surface area (TPSA) is 93.8 Å². The van der Waals surface area contributed by atoms with Gasteiger partial charge in [-0.15, -0.1) is 9.61 Å². The molecule has 3 heterocycles. The molecule has 0 aliphatic heterocycles. The van der Waals surface area contributed by atoms with Crippen LogP contribution < -0.4 is 5.69 Å². The Morgan fingerprint density at radius 1 is 1.33 bits per heavy atom. The van der Waals surface area contributed by atoms with Crippen molar-refractivity contribution in [2.45, 2.75) is 32.7 Å². The zero-order chi connectivity index (χ0) is 12.5. The van der Waals surface area contributed by atoms with E-state index in [0.717, 1.165) is 19.3 Å². The maximum atomic E-state index is 12.2. The third kappa shape index (κ3) is 1.49. The van der Waals surface area contributed by atoms with Crippen molar-refractivity contribution in [2.24, 2.45) is 0 Å². The number of H-pyrrole nitrogens is 1. The van der Waals surface area contributed by atoms with Crippen LogP contribution in [0.4, 0.5) is 0 Å². The van der Waals surface area contributed by atoms with Gasteiger partial charge in [-0.2, -0.15) is 0 Å². The van der Waals surface area contributed by atoms with E-state index in [1.807, 2.05) is 0 Å². The van der Waals surface area contributed by atoms with Crippen LogP contribution in [0.25, 0.3) is 16.8 Å². The lowest BCUT2D eigenvalue weighted by Gasteiger charge is -2.05. The molecule has 3 aromatic heterocycles. The number of aromatic amines is 1. The number of hydrogen-bond donors (Lipinski definition) is 1. The minimum absolute atomic E-state index is 0.245. The Morgan fingerprint density at radius 2 is 2.22 bits per heavy atom. The Kier molecular flexibility index (Phi) is 2.54. The van der Waals surface area contributed by atoms with Crippen molar-refractivity contribution in [1.29, 1.82) is 0 Å². The molecule has 0 saturated heterocycles. The zero-order valence-corrected chi connectivity index (χ0v) is 10.00. The molecule has 0 aromatic carbocycles. The number of aromatic nitrogens is 7. The Labute approximate surface area is 102 Å². The molecule has 0 unspecified atom stereocenters. The highest BCUT2D eigenvalue weighted by atomic mass is 16.2. The van der Waals surface area contributed by atoms with Gasteiger partial charge in [-0.05, 0) is 16.8 Å². The average Bonchev–Trinajstić information content (AvgIpc) is 3.00. The van der Waals surface area contributed by atoms with Gasteiger partial charge in [-0.25, -0.2) is 9.78 Å². The minimum Gasteiger partial charge on any atom is -0.340 e. The second kappa shape index (κ2) is 4.21. The molecular weight excluding hydrogens is 234 g/mol. The standard InChI is InChI=1S/C10H13N7O/c1-2-3-4-5-16-8-7(11-6-12-8)9-13-14-15-17(9)10(16)18/h6H,2-5H2,1H3,(H,11,12). The van der Waals surface area contributed by atoms with Gasteiger partial charge < -0.3 is 4.98 Å². The summed E-state index contributed by atoms with van der Waals surface area (Å²) in [6.45, 7) is 2.75. The lowest BCUT2D eigenvalue weighted by molar-refractivity contribution is 0.576. The van der Waals surface area contributed by atoms with E-state index in [-0.39, 0.29) is 5.69 Å². The van der Waals surface area contributed by atoms with Crippen LogP contribution in [0.2, 0.25) is 0 Å². The molecule has 94 valence electrons. The Balaban J connectivity index is 2.22. The number of fused-ring (bicyclic) bond motifs is 3. The molecular formula is C10H13N7O. The summed E-state index contributed by atoms with van der Waals surface area (Å²) in [7, 11) is 0. The maximum absolute atomic E-state index is 12.2. The molecule has 8 heteroatoms. The predicted octanol–water partition coefficient (Wildman–Crippen LogP) is 0.352. The van der Waals surface area contributed by atoms with Gasteiger partial charge in [0.1, 0.15) is 5.52 Å². The molecule has 18 heavy (non-hydrogen) atoms. The fourth-order valence-corrected chi connectivity index (χ4v) is 2.05. The molecule has 0 aliphatic rings. The van der Waals surface area contributed by atoms with Crippen molar-refractivity contribution < 1.29 is 0 Å². The molecule has 0 atom stereocenters. The van der Waals surface area contributed by atoms with Crippen LogP contribution in [-0.2, 0) is 6.54 Å². The van der Waals surface area contributed by atoms with Crippen molar-refractivity contribution in [3.63, 3.8) is 0 Å². The molecule has 0 aliphatic carbocycles.